The summed E-state index contributed by atoms with van der Waals surface area (Å²) in [7, 11) is 0. The highest BCUT2D eigenvalue weighted by Gasteiger charge is 2.10. The highest BCUT2D eigenvalue weighted by molar-refractivity contribution is 5.91. The molecule has 3 rings (SSSR count). The molecule has 0 saturated heterocycles. The molecule has 0 amide bonds. The molecule has 26 heavy (non-hydrogen) atoms. The Morgan fingerprint density at radius 2 is 1.31 bits per heavy atom. The molecule has 0 heterocycles. The molecule has 0 radical (unpaired) electrons. The summed E-state index contributed by atoms with van der Waals surface area (Å²) in [5.74, 6) is 0.859. The summed E-state index contributed by atoms with van der Waals surface area (Å²) >= 11 is 0. The average Bonchev–Trinajstić information content (AvgIpc) is 2.69. The second-order valence-electron chi connectivity index (χ2n) is 5.29. The number of hydrogen-bond donors (Lipinski definition) is 0. The van der Waals surface area contributed by atoms with Gasteiger partial charge in [0.15, 0.2) is 0 Å². The Labute approximate surface area is 150 Å². The Kier molecular flexibility index (Phi) is 4.93. The topological polar surface area (TPSA) is 83.1 Å². The molecule has 0 aliphatic rings. The van der Waals surface area contributed by atoms with Crippen LogP contribution in [0.4, 0.5) is 0 Å². The van der Waals surface area contributed by atoms with E-state index in [2.05, 4.69) is 0 Å². The first-order valence-corrected chi connectivity index (χ1v) is 7.68. The number of ether oxygens (including phenoxy) is 2. The average molecular weight is 340 g/mol. The van der Waals surface area contributed by atoms with Crippen LogP contribution in [0.2, 0.25) is 0 Å². The molecule has 0 bridgehead atoms. The van der Waals surface area contributed by atoms with Crippen molar-refractivity contribution in [3.63, 3.8) is 0 Å². The van der Waals surface area contributed by atoms with E-state index in [9.17, 15) is 4.79 Å². The van der Waals surface area contributed by atoms with Crippen LogP contribution in [0.25, 0.3) is 0 Å². The molecular formula is C21H12N2O3. The zero-order valence-corrected chi connectivity index (χ0v) is 13.5. The summed E-state index contributed by atoms with van der Waals surface area (Å²) in [4.78, 5) is 12.3. The molecule has 0 fully saturated rings. The zero-order chi connectivity index (χ0) is 18.4. The van der Waals surface area contributed by atoms with Crippen LogP contribution < -0.4 is 9.47 Å². The number of esters is 1. The van der Waals surface area contributed by atoms with Crippen LogP contribution in [0.3, 0.4) is 0 Å². The van der Waals surface area contributed by atoms with Crippen molar-refractivity contribution in [1.82, 2.24) is 0 Å². The summed E-state index contributed by atoms with van der Waals surface area (Å²) < 4.78 is 11.0. The normalized spacial score (nSPS) is 9.62. The van der Waals surface area contributed by atoms with E-state index < -0.39 is 5.97 Å². The van der Waals surface area contributed by atoms with Gasteiger partial charge in [0.25, 0.3) is 0 Å². The van der Waals surface area contributed by atoms with E-state index in [1.54, 1.807) is 72.8 Å². The predicted octanol–water partition coefficient (Wildman–Crippen LogP) is 4.44. The minimum Gasteiger partial charge on any atom is -0.457 e. The molecule has 0 N–H and O–H groups in total. The number of rotatable bonds is 4. The van der Waals surface area contributed by atoms with Crippen molar-refractivity contribution < 1.29 is 14.3 Å². The van der Waals surface area contributed by atoms with Crippen LogP contribution >= 0.6 is 0 Å². The van der Waals surface area contributed by atoms with E-state index in [0.29, 0.717) is 33.9 Å². The van der Waals surface area contributed by atoms with E-state index in [1.807, 2.05) is 12.1 Å². The van der Waals surface area contributed by atoms with Crippen LogP contribution in [0.15, 0.2) is 72.8 Å². The molecular weight excluding hydrogens is 328 g/mol. The Hall–Kier alpha value is -4.09. The van der Waals surface area contributed by atoms with Gasteiger partial charge in [-0.1, -0.05) is 6.07 Å². The lowest BCUT2D eigenvalue weighted by molar-refractivity contribution is 0.0734. The van der Waals surface area contributed by atoms with Gasteiger partial charge in [0.1, 0.15) is 17.2 Å². The number of carbonyl (C=O) groups excluding carboxylic acids is 1. The number of nitrogens with zero attached hydrogens (tertiary/aromatic N) is 2. The van der Waals surface area contributed by atoms with Crippen LogP contribution in [-0.2, 0) is 0 Å². The second-order valence-corrected chi connectivity index (χ2v) is 5.29. The Bertz CT molecular complexity index is 1010. The maximum Gasteiger partial charge on any atom is 0.343 e. The van der Waals surface area contributed by atoms with Gasteiger partial charge in [-0.2, -0.15) is 10.5 Å². The molecule has 5 heteroatoms. The number of hydrogen-bond acceptors (Lipinski definition) is 5. The van der Waals surface area contributed by atoms with E-state index in [-0.39, 0.29) is 0 Å². The van der Waals surface area contributed by atoms with Crippen LogP contribution in [0.1, 0.15) is 21.5 Å². The fraction of sp³-hybridized carbons (Fsp3) is 0. The zero-order valence-electron chi connectivity index (χ0n) is 13.5. The van der Waals surface area contributed by atoms with Gasteiger partial charge in [0, 0.05) is 0 Å². The molecule has 0 spiro atoms. The van der Waals surface area contributed by atoms with Crippen LogP contribution in [0.5, 0.6) is 17.2 Å². The molecule has 0 aromatic heterocycles. The summed E-state index contributed by atoms with van der Waals surface area (Å²) in [5, 5.41) is 17.6. The van der Waals surface area contributed by atoms with E-state index >= 15 is 0 Å². The van der Waals surface area contributed by atoms with E-state index in [1.165, 1.54) is 0 Å². The lowest BCUT2D eigenvalue weighted by Gasteiger charge is -2.08. The van der Waals surface area contributed by atoms with Crippen LogP contribution in [-0.4, -0.2) is 5.97 Å². The largest absolute Gasteiger partial charge is 0.457 e. The standard InChI is InChI=1S/C21H12N2O3/c22-13-15-4-8-18(9-5-15)25-20-3-1-2-17(12-20)21(24)26-19-10-6-16(14-23)7-11-19/h1-12H. The number of benzene rings is 3. The predicted molar refractivity (Wildman–Crippen MR) is 93.8 cm³/mol. The van der Waals surface area contributed by atoms with Crippen molar-refractivity contribution >= 4 is 5.97 Å². The lowest BCUT2D eigenvalue weighted by atomic mass is 10.2. The third kappa shape index (κ3) is 4.05. The molecule has 5 nitrogen and oxygen atoms in total. The number of nitriles is 2. The lowest BCUT2D eigenvalue weighted by Crippen LogP contribution is -2.08. The fourth-order valence-electron chi connectivity index (χ4n) is 2.18. The van der Waals surface area contributed by atoms with Gasteiger partial charge in [0.2, 0.25) is 0 Å². The highest BCUT2D eigenvalue weighted by Crippen LogP contribution is 2.23. The van der Waals surface area contributed by atoms with Crippen molar-refractivity contribution in [1.29, 1.82) is 10.5 Å². The quantitative estimate of drug-likeness (QED) is 0.518. The van der Waals surface area contributed by atoms with Gasteiger partial charge in [-0.25, -0.2) is 4.79 Å². The molecule has 124 valence electrons. The molecule has 0 unspecified atom stereocenters. The third-order valence-electron chi connectivity index (χ3n) is 3.48. The smallest absolute Gasteiger partial charge is 0.343 e. The van der Waals surface area contributed by atoms with Crippen molar-refractivity contribution in [2.75, 3.05) is 0 Å². The first kappa shape index (κ1) is 16.8. The maximum atomic E-state index is 12.3. The van der Waals surface area contributed by atoms with Gasteiger partial charge in [0.05, 0.1) is 28.8 Å². The maximum absolute atomic E-state index is 12.3. The molecule has 0 saturated carbocycles. The minimum atomic E-state index is -0.528. The van der Waals surface area contributed by atoms with Gasteiger partial charge in [-0.05, 0) is 66.7 Å². The fourth-order valence-corrected chi connectivity index (χ4v) is 2.18. The first-order chi connectivity index (χ1) is 12.7. The summed E-state index contributed by atoms with van der Waals surface area (Å²) in [5.41, 5.74) is 1.36. The monoisotopic (exact) mass is 340 g/mol. The SMILES string of the molecule is N#Cc1ccc(OC(=O)c2cccc(Oc3ccc(C#N)cc3)c2)cc1. The third-order valence-corrected chi connectivity index (χ3v) is 3.48. The number of carbonyl (C=O) groups is 1. The Balaban J connectivity index is 1.72. The molecule has 0 aliphatic carbocycles. The molecule has 3 aromatic carbocycles. The van der Waals surface area contributed by atoms with Gasteiger partial charge >= 0.3 is 5.97 Å². The van der Waals surface area contributed by atoms with E-state index in [0.717, 1.165) is 0 Å². The summed E-state index contributed by atoms with van der Waals surface area (Å²) in [6, 6.07) is 23.6. The molecule has 3 aromatic rings. The Morgan fingerprint density at radius 1 is 0.731 bits per heavy atom. The van der Waals surface area contributed by atoms with Crippen molar-refractivity contribution in [2.45, 2.75) is 0 Å². The first-order valence-electron chi connectivity index (χ1n) is 7.68. The minimum absolute atomic E-state index is 0.334. The van der Waals surface area contributed by atoms with Crippen molar-refractivity contribution in [3.05, 3.63) is 89.5 Å². The molecule has 0 atom stereocenters. The summed E-state index contributed by atoms with van der Waals surface area (Å²) in [6.45, 7) is 0. The van der Waals surface area contributed by atoms with Gasteiger partial charge in [-0.15, -0.1) is 0 Å². The highest BCUT2D eigenvalue weighted by atomic mass is 16.5. The van der Waals surface area contributed by atoms with Crippen molar-refractivity contribution in [3.8, 4) is 29.4 Å². The van der Waals surface area contributed by atoms with Crippen molar-refractivity contribution in [2.24, 2.45) is 0 Å². The van der Waals surface area contributed by atoms with Crippen LogP contribution in [0, 0.1) is 22.7 Å². The van der Waals surface area contributed by atoms with Gasteiger partial charge < -0.3 is 9.47 Å². The molecule has 0 aliphatic heterocycles. The van der Waals surface area contributed by atoms with E-state index in [4.69, 9.17) is 20.0 Å². The second kappa shape index (κ2) is 7.65. The van der Waals surface area contributed by atoms with Gasteiger partial charge in [-0.3, -0.25) is 0 Å². The Morgan fingerprint density at radius 3 is 1.88 bits per heavy atom. The summed E-state index contributed by atoms with van der Waals surface area (Å²) in [6.07, 6.45) is 0.